The van der Waals surface area contributed by atoms with E-state index in [-0.39, 0.29) is 36.8 Å². The molecule has 4 rings (SSSR count). The van der Waals surface area contributed by atoms with Gasteiger partial charge in [0.15, 0.2) is 0 Å². The Morgan fingerprint density at radius 3 is 2.63 bits per heavy atom. The Bertz CT molecular complexity index is 747. The number of carbonyl (C=O) groups is 2. The molecule has 2 aliphatic heterocycles. The lowest BCUT2D eigenvalue weighted by Gasteiger charge is -2.38. The number of benzene rings is 1. The number of ether oxygens (including phenoxy) is 1. The molecule has 1 saturated carbocycles. The summed E-state index contributed by atoms with van der Waals surface area (Å²) in [6.45, 7) is 5.26. The topological polar surface area (TPSA) is 61.9 Å². The van der Waals surface area contributed by atoms with Crippen molar-refractivity contribution < 1.29 is 18.7 Å². The Morgan fingerprint density at radius 1 is 1.13 bits per heavy atom. The molecule has 2 saturated heterocycles. The van der Waals surface area contributed by atoms with Gasteiger partial charge in [-0.25, -0.2) is 4.39 Å². The van der Waals surface area contributed by atoms with Gasteiger partial charge in [-0.2, -0.15) is 0 Å². The second-order valence-corrected chi connectivity index (χ2v) is 9.03. The minimum absolute atomic E-state index is 0.0396. The number of likely N-dealkylation sites (tertiary alicyclic amines) is 1. The van der Waals surface area contributed by atoms with Gasteiger partial charge in [0.05, 0.1) is 12.5 Å². The first-order valence-electron chi connectivity index (χ1n) is 11.2. The highest BCUT2D eigenvalue weighted by Gasteiger charge is 2.31. The summed E-state index contributed by atoms with van der Waals surface area (Å²) in [5.41, 5.74) is 0.641. The molecule has 30 heavy (non-hydrogen) atoms. The van der Waals surface area contributed by atoms with E-state index in [1.807, 2.05) is 4.90 Å². The zero-order valence-corrected chi connectivity index (χ0v) is 17.5. The van der Waals surface area contributed by atoms with E-state index in [9.17, 15) is 14.0 Å². The van der Waals surface area contributed by atoms with Gasteiger partial charge in [0.25, 0.3) is 0 Å². The highest BCUT2D eigenvalue weighted by molar-refractivity contribution is 5.79. The lowest BCUT2D eigenvalue weighted by molar-refractivity contribution is -0.150. The van der Waals surface area contributed by atoms with E-state index in [1.54, 1.807) is 12.1 Å². The van der Waals surface area contributed by atoms with Crippen LogP contribution in [0.3, 0.4) is 0 Å². The Morgan fingerprint density at radius 2 is 1.90 bits per heavy atom. The molecular weight excluding hydrogens is 385 g/mol. The third-order valence-electron chi connectivity index (χ3n) is 6.40. The molecule has 3 fully saturated rings. The van der Waals surface area contributed by atoms with E-state index in [0.717, 1.165) is 38.4 Å². The highest BCUT2D eigenvalue weighted by Crippen LogP contribution is 2.31. The van der Waals surface area contributed by atoms with Gasteiger partial charge in [0, 0.05) is 26.2 Å². The van der Waals surface area contributed by atoms with E-state index in [0.29, 0.717) is 24.6 Å². The number of amides is 2. The van der Waals surface area contributed by atoms with E-state index < -0.39 is 0 Å². The number of piperidine rings is 1. The molecule has 1 N–H and O–H groups in total. The Balaban J connectivity index is 1.18. The van der Waals surface area contributed by atoms with Crippen LogP contribution in [0.25, 0.3) is 0 Å². The van der Waals surface area contributed by atoms with Crippen molar-refractivity contribution in [3.8, 4) is 0 Å². The van der Waals surface area contributed by atoms with Crippen molar-refractivity contribution in [2.45, 2.75) is 38.2 Å². The van der Waals surface area contributed by atoms with Crippen LogP contribution in [0.2, 0.25) is 0 Å². The quantitative estimate of drug-likeness (QED) is 0.701. The van der Waals surface area contributed by atoms with Gasteiger partial charge in [0.2, 0.25) is 11.8 Å². The minimum atomic E-state index is -0.344. The van der Waals surface area contributed by atoms with Gasteiger partial charge in [-0.05, 0) is 68.3 Å². The molecule has 2 amide bonds. The second kappa shape index (κ2) is 9.88. The number of hydrogen-bond acceptors (Lipinski definition) is 4. The molecule has 1 aromatic rings. The summed E-state index contributed by atoms with van der Waals surface area (Å²) in [4.78, 5) is 29.0. The molecule has 1 aromatic carbocycles. The summed E-state index contributed by atoms with van der Waals surface area (Å²) in [6.07, 6.45) is 5.00. The van der Waals surface area contributed by atoms with Crippen LogP contribution in [0.5, 0.6) is 0 Å². The molecule has 1 unspecified atom stereocenters. The third kappa shape index (κ3) is 6.25. The standard InChI is InChI=1S/C23H32FN3O3/c24-20-3-1-2-19(10-20)11-22(28)25-12-21-15-27(23(29)16-30-21)14-18-6-8-26(9-7-18)13-17-4-5-17/h1-3,10,17-18,21H,4-9,11-16H2,(H,25,28). The van der Waals surface area contributed by atoms with Gasteiger partial charge in [-0.15, -0.1) is 0 Å². The molecule has 2 heterocycles. The van der Waals surface area contributed by atoms with E-state index in [4.69, 9.17) is 4.74 Å². The third-order valence-corrected chi connectivity index (χ3v) is 6.40. The van der Waals surface area contributed by atoms with Gasteiger partial charge in [-0.3, -0.25) is 9.59 Å². The Labute approximate surface area is 177 Å². The summed E-state index contributed by atoms with van der Waals surface area (Å²) in [7, 11) is 0. The van der Waals surface area contributed by atoms with Crippen LogP contribution in [0, 0.1) is 17.7 Å². The van der Waals surface area contributed by atoms with Crippen molar-refractivity contribution in [2.75, 3.05) is 45.9 Å². The molecule has 7 heteroatoms. The summed E-state index contributed by atoms with van der Waals surface area (Å²) in [6, 6.07) is 6.06. The maximum absolute atomic E-state index is 13.3. The van der Waals surface area contributed by atoms with Crippen LogP contribution in [0.1, 0.15) is 31.2 Å². The number of carbonyl (C=O) groups excluding carboxylic acids is 2. The first-order chi connectivity index (χ1) is 14.5. The van der Waals surface area contributed by atoms with Crippen LogP contribution in [0.4, 0.5) is 4.39 Å². The van der Waals surface area contributed by atoms with E-state index in [1.165, 1.54) is 31.5 Å². The molecule has 0 bridgehead atoms. The first kappa shape index (κ1) is 21.2. The minimum Gasteiger partial charge on any atom is -0.365 e. The largest absolute Gasteiger partial charge is 0.365 e. The van der Waals surface area contributed by atoms with E-state index >= 15 is 0 Å². The second-order valence-electron chi connectivity index (χ2n) is 9.03. The molecular formula is C23H32FN3O3. The molecule has 1 aliphatic carbocycles. The summed E-state index contributed by atoms with van der Waals surface area (Å²) >= 11 is 0. The predicted molar refractivity (Wildman–Crippen MR) is 111 cm³/mol. The zero-order valence-electron chi connectivity index (χ0n) is 17.5. The fourth-order valence-corrected chi connectivity index (χ4v) is 4.43. The average molecular weight is 418 g/mol. The number of morpholine rings is 1. The number of nitrogens with zero attached hydrogens (tertiary/aromatic N) is 2. The summed E-state index contributed by atoms with van der Waals surface area (Å²) < 4.78 is 18.9. The van der Waals surface area contributed by atoms with Crippen molar-refractivity contribution in [3.63, 3.8) is 0 Å². The Hall–Kier alpha value is -1.99. The highest BCUT2D eigenvalue weighted by atomic mass is 19.1. The molecule has 0 radical (unpaired) electrons. The number of rotatable bonds is 8. The maximum atomic E-state index is 13.3. The fourth-order valence-electron chi connectivity index (χ4n) is 4.43. The molecule has 0 spiro atoms. The summed E-state index contributed by atoms with van der Waals surface area (Å²) in [5.74, 6) is 1.00. The van der Waals surface area contributed by atoms with Crippen LogP contribution in [-0.2, 0) is 20.7 Å². The van der Waals surface area contributed by atoms with Crippen LogP contribution in [0.15, 0.2) is 24.3 Å². The summed E-state index contributed by atoms with van der Waals surface area (Å²) in [5, 5.41) is 2.86. The van der Waals surface area contributed by atoms with Gasteiger partial charge in [-0.1, -0.05) is 12.1 Å². The molecule has 1 atom stereocenters. The maximum Gasteiger partial charge on any atom is 0.248 e. The van der Waals surface area contributed by atoms with Gasteiger partial charge in [0.1, 0.15) is 12.4 Å². The lowest BCUT2D eigenvalue weighted by atomic mass is 9.95. The van der Waals surface area contributed by atoms with Crippen molar-refractivity contribution in [3.05, 3.63) is 35.6 Å². The zero-order chi connectivity index (χ0) is 20.9. The molecule has 0 aromatic heterocycles. The first-order valence-corrected chi connectivity index (χ1v) is 11.2. The Kier molecular flexibility index (Phi) is 7.00. The fraction of sp³-hybridized carbons (Fsp3) is 0.652. The monoisotopic (exact) mass is 417 g/mol. The SMILES string of the molecule is O=C(Cc1cccc(F)c1)NCC1CN(CC2CCN(CC3CC3)CC2)C(=O)CO1. The van der Waals surface area contributed by atoms with Gasteiger partial charge < -0.3 is 19.9 Å². The van der Waals surface area contributed by atoms with Crippen LogP contribution >= 0.6 is 0 Å². The number of halogens is 1. The lowest BCUT2D eigenvalue weighted by Crippen LogP contribution is -2.52. The van der Waals surface area contributed by atoms with E-state index in [2.05, 4.69) is 10.2 Å². The van der Waals surface area contributed by atoms with Crippen molar-refractivity contribution in [1.82, 2.24) is 15.1 Å². The number of nitrogens with one attached hydrogen (secondary N) is 1. The van der Waals surface area contributed by atoms with Crippen molar-refractivity contribution in [1.29, 1.82) is 0 Å². The van der Waals surface area contributed by atoms with Gasteiger partial charge >= 0.3 is 0 Å². The molecule has 3 aliphatic rings. The average Bonchev–Trinajstić information content (AvgIpc) is 3.54. The predicted octanol–water partition coefficient (Wildman–Crippen LogP) is 1.83. The van der Waals surface area contributed by atoms with Crippen molar-refractivity contribution >= 4 is 11.8 Å². The molecule has 6 nitrogen and oxygen atoms in total. The van der Waals surface area contributed by atoms with Crippen LogP contribution in [-0.4, -0.2) is 73.6 Å². The van der Waals surface area contributed by atoms with Crippen LogP contribution < -0.4 is 5.32 Å². The normalized spacial score (nSPS) is 23.6. The number of hydrogen-bond donors (Lipinski definition) is 1. The molecule has 164 valence electrons. The van der Waals surface area contributed by atoms with Crippen molar-refractivity contribution in [2.24, 2.45) is 11.8 Å². The smallest absolute Gasteiger partial charge is 0.248 e.